The van der Waals surface area contributed by atoms with Crippen molar-refractivity contribution in [3.05, 3.63) is 53.1 Å². The maximum Gasteiger partial charge on any atom is 0.337 e. The Labute approximate surface area is 122 Å². The van der Waals surface area contributed by atoms with E-state index in [9.17, 15) is 15.0 Å². The van der Waals surface area contributed by atoms with Crippen molar-refractivity contribution in [2.75, 3.05) is 12.4 Å². The molecule has 0 aliphatic heterocycles. The summed E-state index contributed by atoms with van der Waals surface area (Å²) in [4.78, 5) is 11.4. The molecule has 0 saturated carbocycles. The van der Waals surface area contributed by atoms with Crippen LogP contribution in [0.4, 0.5) is 5.69 Å². The van der Waals surface area contributed by atoms with Crippen molar-refractivity contribution in [1.29, 1.82) is 0 Å². The number of anilines is 1. The summed E-state index contributed by atoms with van der Waals surface area (Å²) in [6.45, 7) is 2.29. The number of hydrogen-bond acceptors (Lipinski definition) is 5. The van der Waals surface area contributed by atoms with E-state index in [0.29, 0.717) is 17.7 Å². The highest BCUT2D eigenvalue weighted by Gasteiger charge is 2.08. The Hall–Kier alpha value is -2.69. The van der Waals surface area contributed by atoms with Gasteiger partial charge >= 0.3 is 5.97 Å². The van der Waals surface area contributed by atoms with Crippen LogP contribution in [0.3, 0.4) is 0 Å². The summed E-state index contributed by atoms with van der Waals surface area (Å²) in [7, 11) is 1.34. The lowest BCUT2D eigenvalue weighted by atomic mass is 10.1. The third-order valence-electron chi connectivity index (χ3n) is 3.19. The summed E-state index contributed by atoms with van der Waals surface area (Å²) >= 11 is 0. The lowest BCUT2D eigenvalue weighted by Gasteiger charge is -2.12. The SMILES string of the molecule is COC(=O)c1ccc(NCc2ccc(O)cc2O)c(C)c1. The van der Waals surface area contributed by atoms with Gasteiger partial charge in [0.2, 0.25) is 0 Å². The molecule has 2 aromatic rings. The zero-order valence-corrected chi connectivity index (χ0v) is 11.9. The molecular weight excluding hydrogens is 270 g/mol. The smallest absolute Gasteiger partial charge is 0.337 e. The molecule has 0 radical (unpaired) electrons. The Morgan fingerprint density at radius 3 is 2.57 bits per heavy atom. The molecule has 0 bridgehead atoms. The van der Waals surface area contributed by atoms with Crippen LogP contribution >= 0.6 is 0 Å². The number of aromatic hydroxyl groups is 2. The first kappa shape index (κ1) is 14.7. The lowest BCUT2D eigenvalue weighted by Crippen LogP contribution is -2.05. The summed E-state index contributed by atoms with van der Waals surface area (Å²) in [6.07, 6.45) is 0. The minimum Gasteiger partial charge on any atom is -0.508 e. The van der Waals surface area contributed by atoms with Gasteiger partial charge in [-0.2, -0.15) is 0 Å². The van der Waals surface area contributed by atoms with Gasteiger partial charge in [0.15, 0.2) is 0 Å². The van der Waals surface area contributed by atoms with Crippen LogP contribution in [0.5, 0.6) is 11.5 Å². The molecule has 2 aromatic carbocycles. The van der Waals surface area contributed by atoms with Crippen molar-refractivity contribution in [3.8, 4) is 11.5 Å². The normalized spacial score (nSPS) is 10.2. The highest BCUT2D eigenvalue weighted by atomic mass is 16.5. The Kier molecular flexibility index (Phi) is 4.33. The fraction of sp³-hybridized carbons (Fsp3) is 0.188. The van der Waals surface area contributed by atoms with Gasteiger partial charge < -0.3 is 20.3 Å². The zero-order chi connectivity index (χ0) is 15.4. The average molecular weight is 287 g/mol. The van der Waals surface area contributed by atoms with E-state index in [-0.39, 0.29) is 17.5 Å². The summed E-state index contributed by atoms with van der Waals surface area (Å²) in [6, 6.07) is 9.67. The van der Waals surface area contributed by atoms with Gasteiger partial charge in [0, 0.05) is 23.9 Å². The van der Waals surface area contributed by atoms with E-state index in [2.05, 4.69) is 10.1 Å². The van der Waals surface area contributed by atoms with Crippen LogP contribution in [0.15, 0.2) is 36.4 Å². The molecule has 0 aliphatic carbocycles. The van der Waals surface area contributed by atoms with Crippen molar-refractivity contribution in [3.63, 3.8) is 0 Å². The van der Waals surface area contributed by atoms with E-state index in [0.717, 1.165) is 11.3 Å². The number of nitrogens with one attached hydrogen (secondary N) is 1. The Balaban J connectivity index is 2.11. The molecular formula is C16H17NO4. The van der Waals surface area contributed by atoms with Crippen molar-refractivity contribution >= 4 is 11.7 Å². The van der Waals surface area contributed by atoms with Crippen LogP contribution in [0.1, 0.15) is 21.5 Å². The number of hydrogen-bond donors (Lipinski definition) is 3. The first-order chi connectivity index (χ1) is 10.0. The number of esters is 1. The molecule has 0 atom stereocenters. The minimum atomic E-state index is -0.374. The maximum absolute atomic E-state index is 11.4. The number of rotatable bonds is 4. The van der Waals surface area contributed by atoms with Gasteiger partial charge in [0.05, 0.1) is 12.7 Å². The first-order valence-electron chi connectivity index (χ1n) is 6.45. The summed E-state index contributed by atoms with van der Waals surface area (Å²) in [5.41, 5.74) is 2.92. The van der Waals surface area contributed by atoms with Gasteiger partial charge in [0.25, 0.3) is 0 Å². The van der Waals surface area contributed by atoms with Crippen molar-refractivity contribution in [2.45, 2.75) is 13.5 Å². The third-order valence-corrected chi connectivity index (χ3v) is 3.19. The fourth-order valence-corrected chi connectivity index (χ4v) is 2.00. The molecule has 110 valence electrons. The molecule has 5 heteroatoms. The maximum atomic E-state index is 11.4. The van der Waals surface area contributed by atoms with Crippen molar-refractivity contribution in [2.24, 2.45) is 0 Å². The molecule has 0 unspecified atom stereocenters. The summed E-state index contributed by atoms with van der Waals surface area (Å²) in [5.74, 6) is -0.318. The zero-order valence-electron chi connectivity index (χ0n) is 11.9. The van der Waals surface area contributed by atoms with Crippen LogP contribution in [0, 0.1) is 6.92 Å². The average Bonchev–Trinajstić information content (AvgIpc) is 2.46. The molecule has 5 nitrogen and oxygen atoms in total. The molecule has 0 amide bonds. The van der Waals surface area contributed by atoms with Crippen LogP contribution in [0.2, 0.25) is 0 Å². The van der Waals surface area contributed by atoms with E-state index in [1.165, 1.54) is 19.2 Å². The van der Waals surface area contributed by atoms with Crippen LogP contribution in [-0.4, -0.2) is 23.3 Å². The number of carbonyl (C=O) groups is 1. The molecule has 3 N–H and O–H groups in total. The number of aryl methyl sites for hydroxylation is 1. The standard InChI is InChI=1S/C16H17NO4/c1-10-7-11(16(20)21-2)4-6-14(10)17-9-12-3-5-13(18)8-15(12)19/h3-8,17-19H,9H2,1-2H3. The minimum absolute atomic E-state index is 0.0230. The Morgan fingerprint density at radius 2 is 1.95 bits per heavy atom. The summed E-state index contributed by atoms with van der Waals surface area (Å²) in [5, 5.41) is 22.2. The number of benzene rings is 2. The van der Waals surface area contributed by atoms with E-state index >= 15 is 0 Å². The van der Waals surface area contributed by atoms with Crippen LogP contribution < -0.4 is 5.32 Å². The van der Waals surface area contributed by atoms with Gasteiger partial charge in [-0.25, -0.2) is 4.79 Å². The molecule has 0 heterocycles. The highest BCUT2D eigenvalue weighted by Crippen LogP contribution is 2.24. The van der Waals surface area contributed by atoms with E-state index in [4.69, 9.17) is 0 Å². The molecule has 0 fully saturated rings. The van der Waals surface area contributed by atoms with Crippen molar-refractivity contribution in [1.82, 2.24) is 0 Å². The predicted octanol–water partition coefficient (Wildman–Crippen LogP) is 2.80. The number of carbonyl (C=O) groups excluding carboxylic acids is 1. The third kappa shape index (κ3) is 3.45. The monoisotopic (exact) mass is 287 g/mol. The second-order valence-electron chi connectivity index (χ2n) is 4.69. The quantitative estimate of drug-likeness (QED) is 0.754. The first-order valence-corrected chi connectivity index (χ1v) is 6.45. The molecule has 0 spiro atoms. The van der Waals surface area contributed by atoms with Gasteiger partial charge in [-0.15, -0.1) is 0 Å². The van der Waals surface area contributed by atoms with E-state index in [1.54, 1.807) is 24.3 Å². The van der Waals surface area contributed by atoms with Gasteiger partial charge in [0.1, 0.15) is 11.5 Å². The molecule has 2 rings (SSSR count). The number of phenols is 2. The highest BCUT2D eigenvalue weighted by molar-refractivity contribution is 5.90. The van der Waals surface area contributed by atoms with E-state index in [1.807, 2.05) is 6.92 Å². The Bertz CT molecular complexity index is 667. The second-order valence-corrected chi connectivity index (χ2v) is 4.69. The topological polar surface area (TPSA) is 78.8 Å². The molecule has 0 aliphatic rings. The largest absolute Gasteiger partial charge is 0.508 e. The summed E-state index contributed by atoms with van der Waals surface area (Å²) < 4.78 is 4.67. The lowest BCUT2D eigenvalue weighted by molar-refractivity contribution is 0.0600. The molecule has 0 aromatic heterocycles. The van der Waals surface area contributed by atoms with E-state index < -0.39 is 0 Å². The van der Waals surface area contributed by atoms with Gasteiger partial charge in [-0.3, -0.25) is 0 Å². The second kappa shape index (κ2) is 6.17. The van der Waals surface area contributed by atoms with Crippen LogP contribution in [-0.2, 0) is 11.3 Å². The predicted molar refractivity (Wildman–Crippen MR) is 79.6 cm³/mol. The molecule has 0 saturated heterocycles. The van der Waals surface area contributed by atoms with Gasteiger partial charge in [-0.1, -0.05) is 0 Å². The number of ether oxygens (including phenoxy) is 1. The number of phenolic OH excluding ortho intramolecular Hbond substituents is 2. The van der Waals surface area contributed by atoms with Crippen LogP contribution in [0.25, 0.3) is 0 Å². The van der Waals surface area contributed by atoms with Gasteiger partial charge in [-0.05, 0) is 42.8 Å². The molecule has 21 heavy (non-hydrogen) atoms. The Morgan fingerprint density at radius 1 is 1.19 bits per heavy atom. The number of methoxy groups -OCH3 is 1. The fourth-order valence-electron chi connectivity index (χ4n) is 2.00. The van der Waals surface area contributed by atoms with Crippen molar-refractivity contribution < 1.29 is 19.7 Å².